The van der Waals surface area contributed by atoms with Crippen LogP contribution in [-0.2, 0) is 6.42 Å². The number of carbonyl (C=O) groups is 1. The van der Waals surface area contributed by atoms with Crippen LogP contribution in [0.3, 0.4) is 0 Å². The summed E-state index contributed by atoms with van der Waals surface area (Å²) in [6, 6.07) is 5.57. The molecule has 0 aliphatic carbocycles. The van der Waals surface area contributed by atoms with Gasteiger partial charge < -0.3 is 15.5 Å². The van der Waals surface area contributed by atoms with Crippen molar-refractivity contribution in [3.8, 4) is 11.5 Å². The van der Waals surface area contributed by atoms with Crippen LogP contribution in [0.4, 0.5) is 0 Å². The monoisotopic (exact) mass is 286 g/mol. The zero-order valence-electron chi connectivity index (χ0n) is 12.0. The molecule has 0 fully saturated rings. The first kappa shape index (κ1) is 14.8. The van der Waals surface area contributed by atoms with Crippen molar-refractivity contribution in [2.75, 3.05) is 0 Å². The Morgan fingerprint density at radius 1 is 1.33 bits per heavy atom. The van der Waals surface area contributed by atoms with Crippen molar-refractivity contribution < 1.29 is 15.0 Å². The van der Waals surface area contributed by atoms with Gasteiger partial charge in [0.1, 0.15) is 11.5 Å². The van der Waals surface area contributed by atoms with Crippen LogP contribution >= 0.6 is 0 Å². The van der Waals surface area contributed by atoms with E-state index in [0.29, 0.717) is 0 Å². The number of phenolic OH excluding ortho intramolecular Hbond substituents is 2. The zero-order valence-corrected chi connectivity index (χ0v) is 12.0. The number of rotatable bonds is 4. The normalized spacial score (nSPS) is 11.9. The number of benzene rings is 1. The molecule has 0 spiro atoms. The molecule has 5 nitrogen and oxygen atoms in total. The quantitative estimate of drug-likeness (QED) is 0.806. The summed E-state index contributed by atoms with van der Waals surface area (Å²) in [5.41, 5.74) is 2.20. The molecule has 0 bridgehead atoms. The molecule has 1 heterocycles. The highest BCUT2D eigenvalue weighted by atomic mass is 16.3. The molecule has 2 rings (SSSR count). The number of nitrogens with zero attached hydrogens (tertiary/aromatic N) is 1. The molecule has 1 aromatic carbocycles. The molecule has 3 N–H and O–H groups in total. The standard InChI is InChI=1S/C16H18N2O3/c1-3-11-9-17-7-6-13(11)10(2)18-16(21)14-5-4-12(19)8-15(14)20/h4-10,19-20H,3H2,1-2H3,(H,18,21)/t10-/m0/s1. The van der Waals surface area contributed by atoms with Crippen LogP contribution in [0.15, 0.2) is 36.7 Å². The summed E-state index contributed by atoms with van der Waals surface area (Å²) in [5, 5.41) is 21.8. The summed E-state index contributed by atoms with van der Waals surface area (Å²) < 4.78 is 0. The average molecular weight is 286 g/mol. The Bertz CT molecular complexity index is 656. The fraction of sp³-hybridized carbons (Fsp3) is 0.250. The Labute approximate surface area is 123 Å². The molecule has 1 amide bonds. The van der Waals surface area contributed by atoms with Crippen LogP contribution in [0, 0.1) is 0 Å². The second kappa shape index (κ2) is 6.26. The second-order valence-corrected chi connectivity index (χ2v) is 4.82. The van der Waals surface area contributed by atoms with Gasteiger partial charge in [-0.25, -0.2) is 0 Å². The van der Waals surface area contributed by atoms with Crippen molar-refractivity contribution in [1.29, 1.82) is 0 Å². The summed E-state index contributed by atoms with van der Waals surface area (Å²) >= 11 is 0. The van der Waals surface area contributed by atoms with E-state index in [2.05, 4.69) is 10.3 Å². The van der Waals surface area contributed by atoms with Crippen molar-refractivity contribution >= 4 is 5.91 Å². The molecule has 0 saturated carbocycles. The minimum absolute atomic E-state index is 0.0838. The molecule has 0 radical (unpaired) electrons. The third-order valence-electron chi connectivity index (χ3n) is 3.36. The zero-order chi connectivity index (χ0) is 15.4. The van der Waals surface area contributed by atoms with E-state index in [-0.39, 0.29) is 29.0 Å². The van der Waals surface area contributed by atoms with Gasteiger partial charge in [0.2, 0.25) is 0 Å². The van der Waals surface area contributed by atoms with Gasteiger partial charge in [-0.05, 0) is 42.7 Å². The van der Waals surface area contributed by atoms with E-state index in [4.69, 9.17) is 0 Å². The Balaban J connectivity index is 2.19. The van der Waals surface area contributed by atoms with Crippen molar-refractivity contribution in [2.24, 2.45) is 0 Å². The molecule has 110 valence electrons. The summed E-state index contributed by atoms with van der Waals surface area (Å²) in [6.45, 7) is 3.91. The summed E-state index contributed by atoms with van der Waals surface area (Å²) in [6.07, 6.45) is 4.30. The van der Waals surface area contributed by atoms with Crippen molar-refractivity contribution in [2.45, 2.75) is 26.3 Å². The van der Waals surface area contributed by atoms with E-state index in [9.17, 15) is 15.0 Å². The van der Waals surface area contributed by atoms with E-state index in [0.717, 1.165) is 23.6 Å². The van der Waals surface area contributed by atoms with E-state index in [1.807, 2.05) is 19.9 Å². The molecule has 2 aromatic rings. The maximum atomic E-state index is 12.2. The lowest BCUT2D eigenvalue weighted by Crippen LogP contribution is -2.27. The minimum atomic E-state index is -0.390. The fourth-order valence-electron chi connectivity index (χ4n) is 2.22. The highest BCUT2D eigenvalue weighted by molar-refractivity contribution is 5.97. The van der Waals surface area contributed by atoms with Crippen LogP contribution in [0.25, 0.3) is 0 Å². The lowest BCUT2D eigenvalue weighted by atomic mass is 10.0. The molecule has 0 aliphatic heterocycles. The van der Waals surface area contributed by atoms with E-state index in [1.165, 1.54) is 12.1 Å². The number of hydrogen-bond donors (Lipinski definition) is 3. The van der Waals surface area contributed by atoms with Crippen LogP contribution in [0.5, 0.6) is 11.5 Å². The van der Waals surface area contributed by atoms with Crippen molar-refractivity contribution in [3.05, 3.63) is 53.3 Å². The van der Waals surface area contributed by atoms with Crippen LogP contribution in [0.2, 0.25) is 0 Å². The van der Waals surface area contributed by atoms with Gasteiger partial charge in [-0.1, -0.05) is 6.92 Å². The second-order valence-electron chi connectivity index (χ2n) is 4.82. The van der Waals surface area contributed by atoms with Gasteiger partial charge in [0, 0.05) is 18.5 Å². The Morgan fingerprint density at radius 3 is 2.76 bits per heavy atom. The molecule has 0 unspecified atom stereocenters. The largest absolute Gasteiger partial charge is 0.508 e. The predicted octanol–water partition coefficient (Wildman–Crippen LogP) is 2.55. The topological polar surface area (TPSA) is 82.5 Å². The first-order valence-electron chi connectivity index (χ1n) is 6.78. The Morgan fingerprint density at radius 2 is 2.10 bits per heavy atom. The highest BCUT2D eigenvalue weighted by Gasteiger charge is 2.16. The number of nitrogens with one attached hydrogen (secondary N) is 1. The number of aromatic nitrogens is 1. The molecule has 1 aromatic heterocycles. The van der Waals surface area contributed by atoms with Gasteiger partial charge in [-0.15, -0.1) is 0 Å². The molecule has 1 atom stereocenters. The Kier molecular flexibility index (Phi) is 4.42. The first-order chi connectivity index (χ1) is 10.0. The molecule has 5 heteroatoms. The number of aromatic hydroxyl groups is 2. The van der Waals surface area contributed by atoms with Crippen LogP contribution in [-0.4, -0.2) is 21.1 Å². The summed E-state index contributed by atoms with van der Waals surface area (Å²) in [7, 11) is 0. The molecular weight excluding hydrogens is 268 g/mol. The van der Waals surface area contributed by atoms with Gasteiger partial charge in [0.05, 0.1) is 11.6 Å². The lowest BCUT2D eigenvalue weighted by molar-refractivity contribution is 0.0937. The van der Waals surface area contributed by atoms with Gasteiger partial charge in [0.25, 0.3) is 5.91 Å². The predicted molar refractivity (Wildman–Crippen MR) is 79.3 cm³/mol. The third-order valence-corrected chi connectivity index (χ3v) is 3.36. The van der Waals surface area contributed by atoms with Crippen LogP contribution < -0.4 is 5.32 Å². The molecule has 0 saturated heterocycles. The number of hydrogen-bond acceptors (Lipinski definition) is 4. The summed E-state index contributed by atoms with van der Waals surface area (Å²) in [5.74, 6) is -0.719. The molecular formula is C16H18N2O3. The van der Waals surface area contributed by atoms with Crippen molar-refractivity contribution in [3.63, 3.8) is 0 Å². The first-order valence-corrected chi connectivity index (χ1v) is 6.78. The van der Waals surface area contributed by atoms with E-state index in [1.54, 1.807) is 12.4 Å². The maximum Gasteiger partial charge on any atom is 0.255 e. The van der Waals surface area contributed by atoms with Gasteiger partial charge in [-0.2, -0.15) is 0 Å². The lowest BCUT2D eigenvalue weighted by Gasteiger charge is -2.17. The SMILES string of the molecule is CCc1cnccc1[C@H](C)NC(=O)c1ccc(O)cc1O. The number of amides is 1. The molecule has 0 aliphatic rings. The van der Waals surface area contributed by atoms with Crippen molar-refractivity contribution in [1.82, 2.24) is 10.3 Å². The number of aryl methyl sites for hydroxylation is 1. The van der Waals surface area contributed by atoms with Crippen LogP contribution in [0.1, 0.15) is 41.4 Å². The van der Waals surface area contributed by atoms with Gasteiger partial charge in [-0.3, -0.25) is 9.78 Å². The van der Waals surface area contributed by atoms with E-state index >= 15 is 0 Å². The van der Waals surface area contributed by atoms with Gasteiger partial charge in [0.15, 0.2) is 0 Å². The maximum absolute atomic E-state index is 12.2. The van der Waals surface area contributed by atoms with E-state index < -0.39 is 0 Å². The number of phenols is 2. The third kappa shape index (κ3) is 3.31. The smallest absolute Gasteiger partial charge is 0.255 e. The Hall–Kier alpha value is -2.56. The highest BCUT2D eigenvalue weighted by Crippen LogP contribution is 2.24. The average Bonchev–Trinajstić information content (AvgIpc) is 2.46. The number of carbonyl (C=O) groups excluding carboxylic acids is 1. The summed E-state index contributed by atoms with van der Waals surface area (Å²) in [4.78, 5) is 16.3. The number of pyridine rings is 1. The van der Waals surface area contributed by atoms with Gasteiger partial charge >= 0.3 is 0 Å². The minimum Gasteiger partial charge on any atom is -0.508 e. The fourth-order valence-corrected chi connectivity index (χ4v) is 2.22. The molecule has 21 heavy (non-hydrogen) atoms.